The highest BCUT2D eigenvalue weighted by Gasteiger charge is 2.11. The van der Waals surface area contributed by atoms with Gasteiger partial charge in [0, 0.05) is 5.54 Å². The molecule has 0 spiro atoms. The molecule has 0 atom stereocenters. The van der Waals surface area contributed by atoms with E-state index in [0.29, 0.717) is 0 Å². The molecule has 17 heavy (non-hydrogen) atoms. The van der Waals surface area contributed by atoms with Crippen molar-refractivity contribution in [2.75, 3.05) is 7.11 Å². The first-order chi connectivity index (χ1) is 7.96. The van der Waals surface area contributed by atoms with Crippen LogP contribution in [0.2, 0.25) is 0 Å². The molecule has 0 unspecified atom stereocenters. The number of hydrogen-bond donors (Lipinski definition) is 1. The molecule has 0 heterocycles. The Balaban J connectivity index is 2.68. The Morgan fingerprint density at radius 3 is 2.53 bits per heavy atom. The SMILES string of the molecule is CCc1ccc(OC)c(CCCC(C)(C)N)c1. The predicted octanol–water partition coefficient (Wildman–Crippen LogP) is 3.32. The molecule has 1 aromatic carbocycles. The van der Waals surface area contributed by atoms with Gasteiger partial charge in [-0.05, 0) is 56.7 Å². The summed E-state index contributed by atoms with van der Waals surface area (Å²) in [4.78, 5) is 0. The van der Waals surface area contributed by atoms with Gasteiger partial charge in [0.25, 0.3) is 0 Å². The second kappa shape index (κ2) is 6.06. The summed E-state index contributed by atoms with van der Waals surface area (Å²) in [6.07, 6.45) is 4.25. The summed E-state index contributed by atoms with van der Waals surface area (Å²) in [5, 5.41) is 0. The number of methoxy groups -OCH3 is 1. The smallest absolute Gasteiger partial charge is 0.122 e. The molecular weight excluding hydrogens is 210 g/mol. The second-order valence-corrected chi connectivity index (χ2v) is 5.34. The van der Waals surface area contributed by atoms with Gasteiger partial charge in [0.15, 0.2) is 0 Å². The maximum Gasteiger partial charge on any atom is 0.122 e. The Hall–Kier alpha value is -1.02. The third kappa shape index (κ3) is 4.78. The van der Waals surface area contributed by atoms with Gasteiger partial charge >= 0.3 is 0 Å². The third-order valence-corrected chi connectivity index (χ3v) is 3.02. The zero-order valence-corrected chi connectivity index (χ0v) is 11.5. The summed E-state index contributed by atoms with van der Waals surface area (Å²) >= 11 is 0. The lowest BCUT2D eigenvalue weighted by Crippen LogP contribution is -2.31. The molecule has 0 aliphatic carbocycles. The minimum atomic E-state index is -0.0738. The van der Waals surface area contributed by atoms with E-state index in [2.05, 4.69) is 39.0 Å². The van der Waals surface area contributed by atoms with Gasteiger partial charge in [0.2, 0.25) is 0 Å². The summed E-state index contributed by atoms with van der Waals surface area (Å²) in [7, 11) is 1.73. The predicted molar refractivity (Wildman–Crippen MR) is 73.6 cm³/mol. The van der Waals surface area contributed by atoms with Crippen molar-refractivity contribution >= 4 is 0 Å². The van der Waals surface area contributed by atoms with Gasteiger partial charge < -0.3 is 10.5 Å². The van der Waals surface area contributed by atoms with Crippen molar-refractivity contribution in [1.29, 1.82) is 0 Å². The molecule has 0 saturated heterocycles. The van der Waals surface area contributed by atoms with Gasteiger partial charge in [0.1, 0.15) is 5.75 Å². The van der Waals surface area contributed by atoms with Gasteiger partial charge in [0.05, 0.1) is 7.11 Å². The van der Waals surface area contributed by atoms with Gasteiger partial charge in [-0.1, -0.05) is 19.1 Å². The molecule has 0 saturated carbocycles. The molecule has 1 aromatic rings. The van der Waals surface area contributed by atoms with Crippen LogP contribution in [0, 0.1) is 0 Å². The van der Waals surface area contributed by atoms with Crippen LogP contribution in [0.3, 0.4) is 0 Å². The lowest BCUT2D eigenvalue weighted by molar-refractivity contribution is 0.405. The molecule has 0 aromatic heterocycles. The molecular formula is C15H25NO. The van der Waals surface area contributed by atoms with E-state index in [-0.39, 0.29) is 5.54 Å². The number of ether oxygens (including phenoxy) is 1. The Labute approximate surface area is 105 Å². The van der Waals surface area contributed by atoms with Gasteiger partial charge in [-0.15, -0.1) is 0 Å². The Bertz CT molecular complexity index is 352. The minimum absolute atomic E-state index is 0.0738. The molecule has 0 amide bonds. The fourth-order valence-electron chi connectivity index (χ4n) is 1.98. The standard InChI is InChI=1S/C15H25NO/c1-5-12-8-9-14(17-4)13(11-12)7-6-10-15(2,3)16/h8-9,11H,5-7,10,16H2,1-4H3. The lowest BCUT2D eigenvalue weighted by atomic mass is 9.95. The molecule has 0 aliphatic rings. The molecule has 0 bridgehead atoms. The van der Waals surface area contributed by atoms with Crippen molar-refractivity contribution in [2.24, 2.45) is 5.73 Å². The minimum Gasteiger partial charge on any atom is -0.496 e. The average molecular weight is 235 g/mol. The van der Waals surface area contributed by atoms with Crippen LogP contribution >= 0.6 is 0 Å². The number of rotatable bonds is 6. The normalized spacial score (nSPS) is 11.6. The maximum atomic E-state index is 5.99. The van der Waals surface area contributed by atoms with E-state index in [0.717, 1.165) is 31.4 Å². The molecule has 0 radical (unpaired) electrons. The first kappa shape index (κ1) is 14.0. The highest BCUT2D eigenvalue weighted by atomic mass is 16.5. The first-order valence-corrected chi connectivity index (χ1v) is 6.41. The Morgan fingerprint density at radius 2 is 2.00 bits per heavy atom. The van der Waals surface area contributed by atoms with Crippen LogP contribution < -0.4 is 10.5 Å². The molecule has 1 rings (SSSR count). The lowest BCUT2D eigenvalue weighted by Gasteiger charge is -2.18. The largest absolute Gasteiger partial charge is 0.496 e. The number of nitrogens with two attached hydrogens (primary N) is 1. The maximum absolute atomic E-state index is 5.99. The van der Waals surface area contributed by atoms with Crippen LogP contribution in [-0.4, -0.2) is 12.6 Å². The zero-order chi connectivity index (χ0) is 12.9. The summed E-state index contributed by atoms with van der Waals surface area (Å²) in [5.41, 5.74) is 8.59. The van der Waals surface area contributed by atoms with Crippen LogP contribution in [0.25, 0.3) is 0 Å². The van der Waals surface area contributed by atoms with Crippen LogP contribution in [0.4, 0.5) is 0 Å². The van der Waals surface area contributed by atoms with Crippen molar-refractivity contribution in [3.8, 4) is 5.75 Å². The quantitative estimate of drug-likeness (QED) is 0.821. The first-order valence-electron chi connectivity index (χ1n) is 6.41. The van der Waals surface area contributed by atoms with Crippen molar-refractivity contribution in [3.63, 3.8) is 0 Å². The van der Waals surface area contributed by atoms with Crippen LogP contribution in [0.1, 0.15) is 44.7 Å². The molecule has 2 heteroatoms. The third-order valence-electron chi connectivity index (χ3n) is 3.02. The second-order valence-electron chi connectivity index (χ2n) is 5.34. The van der Waals surface area contributed by atoms with E-state index in [1.54, 1.807) is 7.11 Å². The monoisotopic (exact) mass is 235 g/mol. The van der Waals surface area contributed by atoms with Gasteiger partial charge in [-0.25, -0.2) is 0 Å². The fourth-order valence-corrected chi connectivity index (χ4v) is 1.98. The number of hydrogen-bond acceptors (Lipinski definition) is 2. The topological polar surface area (TPSA) is 35.2 Å². The molecule has 96 valence electrons. The summed E-state index contributed by atoms with van der Waals surface area (Å²) in [6.45, 7) is 6.33. The zero-order valence-electron chi connectivity index (χ0n) is 11.5. The van der Waals surface area contributed by atoms with Crippen molar-refractivity contribution in [2.45, 2.75) is 52.0 Å². The van der Waals surface area contributed by atoms with Crippen LogP contribution in [0.5, 0.6) is 5.75 Å². The average Bonchev–Trinajstić information content (AvgIpc) is 2.27. The van der Waals surface area contributed by atoms with Gasteiger partial charge in [-0.2, -0.15) is 0 Å². The van der Waals surface area contributed by atoms with E-state index in [1.165, 1.54) is 11.1 Å². The van der Waals surface area contributed by atoms with Crippen molar-refractivity contribution in [3.05, 3.63) is 29.3 Å². The van der Waals surface area contributed by atoms with Gasteiger partial charge in [-0.3, -0.25) is 0 Å². The molecule has 0 fully saturated rings. The Kier molecular flexibility index (Phi) is 5.01. The van der Waals surface area contributed by atoms with E-state index in [9.17, 15) is 0 Å². The highest BCUT2D eigenvalue weighted by molar-refractivity contribution is 5.37. The summed E-state index contributed by atoms with van der Waals surface area (Å²) in [6, 6.07) is 6.46. The number of benzene rings is 1. The molecule has 2 nitrogen and oxygen atoms in total. The number of aryl methyl sites for hydroxylation is 2. The van der Waals surface area contributed by atoms with Crippen molar-refractivity contribution in [1.82, 2.24) is 0 Å². The Morgan fingerprint density at radius 1 is 1.29 bits per heavy atom. The van der Waals surface area contributed by atoms with Crippen molar-refractivity contribution < 1.29 is 4.74 Å². The summed E-state index contributed by atoms with van der Waals surface area (Å²) in [5.74, 6) is 0.997. The van der Waals surface area contributed by atoms with E-state index in [1.807, 2.05) is 0 Å². The van der Waals surface area contributed by atoms with Crippen LogP contribution in [-0.2, 0) is 12.8 Å². The van der Waals surface area contributed by atoms with Crippen LogP contribution in [0.15, 0.2) is 18.2 Å². The highest BCUT2D eigenvalue weighted by Crippen LogP contribution is 2.23. The van der Waals surface area contributed by atoms with E-state index >= 15 is 0 Å². The fraction of sp³-hybridized carbons (Fsp3) is 0.600. The van der Waals surface area contributed by atoms with E-state index < -0.39 is 0 Å². The molecule has 0 aliphatic heterocycles. The van der Waals surface area contributed by atoms with E-state index in [4.69, 9.17) is 10.5 Å². The molecule has 2 N–H and O–H groups in total. The summed E-state index contributed by atoms with van der Waals surface area (Å²) < 4.78 is 5.40.